The number of nitrogens with zero attached hydrogens (tertiary/aromatic N) is 3. The molecule has 112 valence electrons. The highest BCUT2D eigenvalue weighted by molar-refractivity contribution is 6.04. The number of aryl methyl sites for hydroxylation is 1. The molecule has 0 bridgehead atoms. The highest BCUT2D eigenvalue weighted by Crippen LogP contribution is 2.23. The summed E-state index contributed by atoms with van der Waals surface area (Å²) >= 11 is 0. The van der Waals surface area contributed by atoms with Crippen molar-refractivity contribution in [1.29, 1.82) is 0 Å². The van der Waals surface area contributed by atoms with Crippen molar-refractivity contribution in [2.75, 3.05) is 19.7 Å². The van der Waals surface area contributed by atoms with E-state index < -0.39 is 0 Å². The van der Waals surface area contributed by atoms with Gasteiger partial charge in [0.15, 0.2) is 5.69 Å². The van der Waals surface area contributed by atoms with Crippen molar-refractivity contribution in [3.8, 4) is 0 Å². The summed E-state index contributed by atoms with van der Waals surface area (Å²) in [4.78, 5) is 14.7. The van der Waals surface area contributed by atoms with Crippen LogP contribution in [0.4, 0.5) is 0 Å². The quantitative estimate of drug-likeness (QED) is 0.936. The fraction of sp³-hybridized carbons (Fsp3) is 0.500. The molecule has 1 aliphatic rings. The zero-order valence-electron chi connectivity index (χ0n) is 12.3. The monoisotopic (exact) mass is 287 g/mol. The average Bonchev–Trinajstić information content (AvgIpc) is 2.85. The van der Waals surface area contributed by atoms with E-state index in [1.165, 1.54) is 0 Å². The van der Waals surface area contributed by atoms with Gasteiger partial charge in [-0.15, -0.1) is 0 Å². The third kappa shape index (κ3) is 2.65. The summed E-state index contributed by atoms with van der Waals surface area (Å²) in [7, 11) is 1.86. The zero-order chi connectivity index (χ0) is 14.8. The number of aromatic nitrogens is 2. The van der Waals surface area contributed by atoms with E-state index in [-0.39, 0.29) is 12.5 Å². The summed E-state index contributed by atoms with van der Waals surface area (Å²) in [6.45, 7) is 1.70. The number of carbonyl (C=O) groups is 1. The van der Waals surface area contributed by atoms with Crippen molar-refractivity contribution in [3.05, 3.63) is 30.0 Å². The largest absolute Gasteiger partial charge is 0.396 e. The van der Waals surface area contributed by atoms with Crippen molar-refractivity contribution in [1.82, 2.24) is 14.7 Å². The summed E-state index contributed by atoms with van der Waals surface area (Å²) in [5.74, 6) is 0.414. The molecule has 0 aliphatic carbocycles. The predicted molar refractivity (Wildman–Crippen MR) is 81.0 cm³/mol. The van der Waals surface area contributed by atoms with E-state index in [0.29, 0.717) is 11.6 Å². The Balaban J connectivity index is 1.86. The number of carbonyl (C=O) groups excluding carboxylic acids is 1. The lowest BCUT2D eigenvalue weighted by Crippen LogP contribution is -2.40. The van der Waals surface area contributed by atoms with Crippen LogP contribution in [-0.2, 0) is 7.05 Å². The maximum atomic E-state index is 12.8. The van der Waals surface area contributed by atoms with Gasteiger partial charge in [0.1, 0.15) is 0 Å². The van der Waals surface area contributed by atoms with Crippen molar-refractivity contribution in [2.45, 2.75) is 19.3 Å². The first-order valence-corrected chi connectivity index (χ1v) is 7.52. The lowest BCUT2D eigenvalue weighted by molar-refractivity contribution is 0.0649. The van der Waals surface area contributed by atoms with Crippen LogP contribution < -0.4 is 0 Å². The number of aliphatic hydroxyl groups excluding tert-OH is 1. The van der Waals surface area contributed by atoms with Crippen molar-refractivity contribution >= 4 is 16.8 Å². The molecule has 0 radical (unpaired) electrons. The van der Waals surface area contributed by atoms with Crippen LogP contribution in [0.2, 0.25) is 0 Å². The second-order valence-electron chi connectivity index (χ2n) is 5.76. The van der Waals surface area contributed by atoms with Gasteiger partial charge >= 0.3 is 0 Å². The van der Waals surface area contributed by atoms with Gasteiger partial charge in [0.05, 0.1) is 5.52 Å². The molecule has 1 saturated heterocycles. The molecule has 1 fully saturated rings. The Morgan fingerprint density at radius 3 is 3.05 bits per heavy atom. The number of likely N-dealkylation sites (tertiary alicyclic amines) is 1. The van der Waals surface area contributed by atoms with Crippen molar-refractivity contribution < 1.29 is 9.90 Å². The zero-order valence-corrected chi connectivity index (χ0v) is 12.3. The minimum absolute atomic E-state index is 0.00874. The Hall–Kier alpha value is -1.88. The fourth-order valence-corrected chi connectivity index (χ4v) is 3.19. The molecule has 1 aromatic heterocycles. The molecule has 1 aliphatic heterocycles. The second-order valence-corrected chi connectivity index (χ2v) is 5.76. The molecule has 5 heteroatoms. The number of benzene rings is 1. The summed E-state index contributed by atoms with van der Waals surface area (Å²) < 4.78 is 1.76. The van der Waals surface area contributed by atoms with Gasteiger partial charge in [-0.25, -0.2) is 0 Å². The van der Waals surface area contributed by atoms with Crippen LogP contribution in [0.15, 0.2) is 24.3 Å². The Morgan fingerprint density at radius 2 is 2.24 bits per heavy atom. The molecule has 1 aromatic carbocycles. The topological polar surface area (TPSA) is 58.4 Å². The molecule has 2 aromatic rings. The van der Waals surface area contributed by atoms with Crippen LogP contribution in [0, 0.1) is 5.92 Å². The molecule has 1 amide bonds. The van der Waals surface area contributed by atoms with E-state index in [1.807, 2.05) is 36.2 Å². The van der Waals surface area contributed by atoms with Crippen LogP contribution in [0.5, 0.6) is 0 Å². The van der Waals surface area contributed by atoms with Gasteiger partial charge in [-0.3, -0.25) is 9.48 Å². The highest BCUT2D eigenvalue weighted by Gasteiger charge is 2.27. The van der Waals surface area contributed by atoms with Crippen LogP contribution in [-0.4, -0.2) is 45.4 Å². The number of amides is 1. The van der Waals surface area contributed by atoms with Gasteiger partial charge in [-0.2, -0.15) is 5.10 Å². The number of para-hydroxylation sites is 1. The summed E-state index contributed by atoms with van der Waals surface area (Å²) in [6, 6.07) is 7.82. The lowest BCUT2D eigenvalue weighted by Gasteiger charge is -2.32. The molecule has 2 heterocycles. The molecule has 1 N–H and O–H groups in total. The third-order valence-corrected chi connectivity index (χ3v) is 4.30. The standard InChI is InChI=1S/C16H21N3O2/c1-18-14-7-3-2-6-13(14)15(17-18)16(21)19-9-4-5-12(11-19)8-10-20/h2-3,6-7,12,20H,4-5,8-11H2,1H3. The molecule has 21 heavy (non-hydrogen) atoms. The predicted octanol–water partition coefficient (Wildman–Crippen LogP) is 1.81. The van der Waals surface area contributed by atoms with E-state index in [1.54, 1.807) is 4.68 Å². The lowest BCUT2D eigenvalue weighted by atomic mass is 9.95. The molecule has 0 saturated carbocycles. The number of rotatable bonds is 3. The SMILES string of the molecule is Cn1nc(C(=O)N2CCCC(CCO)C2)c2ccccc21. The Bertz CT molecular complexity index is 648. The Morgan fingerprint density at radius 1 is 1.43 bits per heavy atom. The molecule has 1 atom stereocenters. The van der Waals surface area contributed by atoms with E-state index >= 15 is 0 Å². The minimum atomic E-state index is 0.00874. The normalized spacial score (nSPS) is 19.1. The summed E-state index contributed by atoms with van der Waals surface area (Å²) in [5, 5.41) is 14.4. The molecule has 3 rings (SSSR count). The Labute approximate surface area is 124 Å². The minimum Gasteiger partial charge on any atom is -0.396 e. The van der Waals surface area contributed by atoms with Gasteiger partial charge in [-0.1, -0.05) is 18.2 Å². The first kappa shape index (κ1) is 14.1. The maximum absolute atomic E-state index is 12.8. The van der Waals surface area contributed by atoms with Gasteiger partial charge in [0, 0.05) is 32.1 Å². The number of aliphatic hydroxyl groups is 1. The van der Waals surface area contributed by atoms with Crippen LogP contribution in [0.1, 0.15) is 29.8 Å². The summed E-state index contributed by atoms with van der Waals surface area (Å²) in [5.41, 5.74) is 1.52. The number of hydrogen-bond donors (Lipinski definition) is 1. The van der Waals surface area contributed by atoms with E-state index in [0.717, 1.165) is 43.3 Å². The van der Waals surface area contributed by atoms with Crippen LogP contribution in [0.3, 0.4) is 0 Å². The molecule has 1 unspecified atom stereocenters. The van der Waals surface area contributed by atoms with Crippen LogP contribution in [0.25, 0.3) is 10.9 Å². The maximum Gasteiger partial charge on any atom is 0.275 e. The molecular formula is C16H21N3O2. The molecular weight excluding hydrogens is 266 g/mol. The average molecular weight is 287 g/mol. The first-order chi connectivity index (χ1) is 10.2. The number of piperidine rings is 1. The smallest absolute Gasteiger partial charge is 0.275 e. The Kier molecular flexibility index (Phi) is 3.92. The van der Waals surface area contributed by atoms with Crippen LogP contribution >= 0.6 is 0 Å². The van der Waals surface area contributed by atoms with Crippen molar-refractivity contribution in [3.63, 3.8) is 0 Å². The van der Waals surface area contributed by atoms with E-state index in [4.69, 9.17) is 5.11 Å². The number of hydrogen-bond acceptors (Lipinski definition) is 3. The van der Waals surface area contributed by atoms with Crippen molar-refractivity contribution in [2.24, 2.45) is 13.0 Å². The molecule has 0 spiro atoms. The fourth-order valence-electron chi connectivity index (χ4n) is 3.19. The van der Waals surface area contributed by atoms with Gasteiger partial charge in [-0.05, 0) is 31.2 Å². The summed E-state index contributed by atoms with van der Waals surface area (Å²) in [6.07, 6.45) is 2.86. The van der Waals surface area contributed by atoms with Gasteiger partial charge < -0.3 is 10.0 Å². The number of fused-ring (bicyclic) bond motifs is 1. The van der Waals surface area contributed by atoms with E-state index in [2.05, 4.69) is 5.10 Å². The van der Waals surface area contributed by atoms with Gasteiger partial charge in [0.25, 0.3) is 5.91 Å². The van der Waals surface area contributed by atoms with E-state index in [9.17, 15) is 4.79 Å². The third-order valence-electron chi connectivity index (χ3n) is 4.30. The highest BCUT2D eigenvalue weighted by atomic mass is 16.3. The molecule has 5 nitrogen and oxygen atoms in total. The van der Waals surface area contributed by atoms with Gasteiger partial charge in [0.2, 0.25) is 0 Å². The first-order valence-electron chi connectivity index (χ1n) is 7.52. The second kappa shape index (κ2) is 5.85.